The second-order valence-corrected chi connectivity index (χ2v) is 8.99. The van der Waals surface area contributed by atoms with E-state index in [4.69, 9.17) is 0 Å². The molecule has 4 N–H and O–H groups in total. The third-order valence-electron chi connectivity index (χ3n) is 6.57. The summed E-state index contributed by atoms with van der Waals surface area (Å²) in [6.45, 7) is 0.659. The minimum absolute atomic E-state index is 0.00245. The minimum atomic E-state index is -0.546. The van der Waals surface area contributed by atoms with Crippen molar-refractivity contribution in [1.29, 1.82) is 0 Å². The standard InChI is InChI=1S/C21H28N2O4/c24-17-4-2-1-3-16(17)19(26)23-6-5-22-18(25)12-20-8-14-7-15(9-20)11-21(27,10-14)13-20/h1-4,14-15,24,27H,5-13H2,(H,22,25)(H,23,26)/t14-,15-,20?,21?/m1/s1. The molecule has 0 spiro atoms. The van der Waals surface area contributed by atoms with E-state index in [1.165, 1.54) is 12.5 Å². The van der Waals surface area contributed by atoms with Crippen LogP contribution in [-0.2, 0) is 4.79 Å². The van der Waals surface area contributed by atoms with Crippen molar-refractivity contribution in [3.05, 3.63) is 29.8 Å². The molecule has 1 aromatic carbocycles. The lowest BCUT2D eigenvalue weighted by Crippen LogP contribution is -2.56. The van der Waals surface area contributed by atoms with Crippen molar-refractivity contribution < 1.29 is 19.8 Å². The molecule has 4 aliphatic carbocycles. The van der Waals surface area contributed by atoms with E-state index in [0.29, 0.717) is 31.3 Å². The summed E-state index contributed by atoms with van der Waals surface area (Å²) < 4.78 is 0. The normalized spacial score (nSPS) is 33.7. The number of hydrogen-bond acceptors (Lipinski definition) is 4. The van der Waals surface area contributed by atoms with Gasteiger partial charge < -0.3 is 20.8 Å². The molecule has 5 rings (SSSR count). The van der Waals surface area contributed by atoms with Crippen LogP contribution in [0.4, 0.5) is 0 Å². The highest BCUT2D eigenvalue weighted by Crippen LogP contribution is 2.62. The molecule has 2 atom stereocenters. The van der Waals surface area contributed by atoms with Crippen molar-refractivity contribution in [1.82, 2.24) is 10.6 Å². The van der Waals surface area contributed by atoms with Crippen molar-refractivity contribution in [2.75, 3.05) is 13.1 Å². The lowest BCUT2D eigenvalue weighted by Gasteiger charge is -2.60. The van der Waals surface area contributed by atoms with E-state index in [1.54, 1.807) is 18.2 Å². The monoisotopic (exact) mass is 372 g/mol. The molecule has 4 aliphatic rings. The molecule has 4 bridgehead atoms. The maximum absolute atomic E-state index is 12.5. The van der Waals surface area contributed by atoms with Crippen molar-refractivity contribution in [3.63, 3.8) is 0 Å². The number of benzene rings is 1. The molecule has 27 heavy (non-hydrogen) atoms. The maximum Gasteiger partial charge on any atom is 0.255 e. The molecular weight excluding hydrogens is 344 g/mol. The van der Waals surface area contributed by atoms with Gasteiger partial charge in [0.15, 0.2) is 0 Å². The largest absolute Gasteiger partial charge is 0.507 e. The molecule has 1 aromatic rings. The van der Waals surface area contributed by atoms with Crippen LogP contribution in [0.5, 0.6) is 5.75 Å². The van der Waals surface area contributed by atoms with Gasteiger partial charge in [0.25, 0.3) is 5.91 Å². The minimum Gasteiger partial charge on any atom is -0.507 e. The number of carbonyl (C=O) groups is 2. The van der Waals surface area contributed by atoms with E-state index >= 15 is 0 Å². The fraction of sp³-hybridized carbons (Fsp3) is 0.619. The van der Waals surface area contributed by atoms with Crippen LogP contribution in [0.1, 0.15) is 55.3 Å². The number of nitrogens with one attached hydrogen (secondary N) is 2. The van der Waals surface area contributed by atoms with Crippen LogP contribution in [-0.4, -0.2) is 40.7 Å². The smallest absolute Gasteiger partial charge is 0.255 e. The van der Waals surface area contributed by atoms with Crippen molar-refractivity contribution >= 4 is 11.8 Å². The van der Waals surface area contributed by atoms with Gasteiger partial charge >= 0.3 is 0 Å². The highest BCUT2D eigenvalue weighted by atomic mass is 16.3. The van der Waals surface area contributed by atoms with E-state index in [2.05, 4.69) is 10.6 Å². The van der Waals surface area contributed by atoms with Gasteiger partial charge in [-0.2, -0.15) is 0 Å². The van der Waals surface area contributed by atoms with Crippen LogP contribution in [0.15, 0.2) is 24.3 Å². The predicted octanol–water partition coefficient (Wildman–Crippen LogP) is 1.96. The zero-order valence-electron chi connectivity index (χ0n) is 15.5. The molecule has 0 aliphatic heterocycles. The number of hydrogen-bond donors (Lipinski definition) is 4. The summed E-state index contributed by atoms with van der Waals surface area (Å²) in [7, 11) is 0. The van der Waals surface area contributed by atoms with Gasteiger partial charge in [0.1, 0.15) is 5.75 Å². The zero-order chi connectivity index (χ0) is 19.1. The van der Waals surface area contributed by atoms with Gasteiger partial charge in [-0.25, -0.2) is 0 Å². The molecule has 0 saturated heterocycles. The third kappa shape index (κ3) is 3.81. The third-order valence-corrected chi connectivity index (χ3v) is 6.57. The molecule has 2 amide bonds. The summed E-state index contributed by atoms with van der Waals surface area (Å²) in [5.41, 5.74) is -0.358. The summed E-state index contributed by atoms with van der Waals surface area (Å²) in [6, 6.07) is 6.38. The molecule has 4 fully saturated rings. The summed E-state index contributed by atoms with van der Waals surface area (Å²) in [5.74, 6) is 0.727. The molecule has 0 radical (unpaired) electrons. The Morgan fingerprint density at radius 1 is 1.04 bits per heavy atom. The van der Waals surface area contributed by atoms with Crippen molar-refractivity contribution in [2.45, 2.75) is 50.5 Å². The lowest BCUT2D eigenvalue weighted by molar-refractivity contribution is -0.169. The number of rotatable bonds is 6. The lowest BCUT2D eigenvalue weighted by atomic mass is 9.47. The van der Waals surface area contributed by atoms with Crippen LogP contribution < -0.4 is 10.6 Å². The maximum atomic E-state index is 12.5. The molecule has 6 heteroatoms. The topological polar surface area (TPSA) is 98.7 Å². The molecule has 6 nitrogen and oxygen atoms in total. The Balaban J connectivity index is 1.24. The number of amides is 2. The summed E-state index contributed by atoms with van der Waals surface area (Å²) >= 11 is 0. The Morgan fingerprint density at radius 3 is 2.37 bits per heavy atom. The van der Waals surface area contributed by atoms with Gasteiger partial charge in [0, 0.05) is 19.5 Å². The molecule has 0 aromatic heterocycles. The first-order valence-corrected chi connectivity index (χ1v) is 9.92. The molecule has 0 heterocycles. The fourth-order valence-corrected chi connectivity index (χ4v) is 6.15. The molecule has 4 saturated carbocycles. The summed E-state index contributed by atoms with van der Waals surface area (Å²) in [5, 5.41) is 26.1. The molecule has 146 valence electrons. The Hall–Kier alpha value is -2.08. The Bertz CT molecular complexity index is 733. The first-order valence-electron chi connectivity index (χ1n) is 9.92. The molecular formula is C21H28N2O4. The number of aromatic hydroxyl groups is 1. The van der Waals surface area contributed by atoms with Crippen molar-refractivity contribution in [3.8, 4) is 5.75 Å². The fourth-order valence-electron chi connectivity index (χ4n) is 6.15. The quantitative estimate of drug-likeness (QED) is 0.574. The van der Waals surface area contributed by atoms with Gasteiger partial charge in [-0.3, -0.25) is 9.59 Å². The second kappa shape index (κ2) is 6.82. The summed E-state index contributed by atoms with van der Waals surface area (Å²) in [6.07, 6.45) is 6.37. The average molecular weight is 372 g/mol. The Morgan fingerprint density at radius 2 is 1.70 bits per heavy atom. The van der Waals surface area contributed by atoms with Gasteiger partial charge in [-0.1, -0.05) is 12.1 Å². The van der Waals surface area contributed by atoms with E-state index in [9.17, 15) is 19.8 Å². The van der Waals surface area contributed by atoms with E-state index in [1.807, 2.05) is 0 Å². The average Bonchev–Trinajstić information content (AvgIpc) is 2.56. The van der Waals surface area contributed by atoms with Gasteiger partial charge in [0.2, 0.25) is 5.91 Å². The highest BCUT2D eigenvalue weighted by Gasteiger charge is 2.57. The van der Waals surface area contributed by atoms with Crippen LogP contribution in [0.25, 0.3) is 0 Å². The number of para-hydroxylation sites is 1. The van der Waals surface area contributed by atoms with E-state index < -0.39 is 5.60 Å². The van der Waals surface area contributed by atoms with Crippen LogP contribution in [0.2, 0.25) is 0 Å². The van der Waals surface area contributed by atoms with Crippen LogP contribution in [0.3, 0.4) is 0 Å². The van der Waals surface area contributed by atoms with Crippen molar-refractivity contribution in [2.24, 2.45) is 17.3 Å². The predicted molar refractivity (Wildman–Crippen MR) is 100 cm³/mol. The van der Waals surface area contributed by atoms with Crippen LogP contribution in [0, 0.1) is 17.3 Å². The van der Waals surface area contributed by atoms with Gasteiger partial charge in [-0.15, -0.1) is 0 Å². The van der Waals surface area contributed by atoms with Gasteiger partial charge in [0.05, 0.1) is 11.2 Å². The zero-order valence-corrected chi connectivity index (χ0v) is 15.5. The highest BCUT2D eigenvalue weighted by molar-refractivity contribution is 5.96. The first-order chi connectivity index (χ1) is 12.9. The SMILES string of the molecule is O=C(CC12C[C@H]3C[C@@H](CC(O)(C3)C1)C2)NCCNC(=O)c1ccccc1O. The number of phenols is 1. The summed E-state index contributed by atoms with van der Waals surface area (Å²) in [4.78, 5) is 24.5. The Kier molecular flexibility index (Phi) is 4.62. The molecule has 0 unspecified atom stereocenters. The number of carbonyl (C=O) groups excluding carboxylic acids is 2. The van der Waals surface area contributed by atoms with Crippen LogP contribution >= 0.6 is 0 Å². The number of phenolic OH excluding ortho intramolecular Hbond substituents is 1. The van der Waals surface area contributed by atoms with E-state index in [-0.39, 0.29) is 28.5 Å². The van der Waals surface area contributed by atoms with E-state index in [0.717, 1.165) is 32.1 Å². The Labute approximate surface area is 159 Å². The number of aliphatic hydroxyl groups is 1. The second-order valence-electron chi connectivity index (χ2n) is 8.99. The van der Waals surface area contributed by atoms with Gasteiger partial charge in [-0.05, 0) is 67.9 Å². The first kappa shape index (κ1) is 18.3.